The Morgan fingerprint density at radius 1 is 1.19 bits per heavy atom. The van der Waals surface area contributed by atoms with E-state index in [0.29, 0.717) is 16.5 Å². The van der Waals surface area contributed by atoms with Gasteiger partial charge in [0.2, 0.25) is 0 Å². The van der Waals surface area contributed by atoms with Crippen LogP contribution in [0.5, 0.6) is 0 Å². The number of hydrogen-bond acceptors (Lipinski definition) is 1. The number of halogens is 2. The average molecular weight is 256 g/mol. The van der Waals surface area contributed by atoms with E-state index in [1.54, 1.807) is 24.5 Å². The van der Waals surface area contributed by atoms with E-state index in [1.165, 1.54) is 0 Å². The summed E-state index contributed by atoms with van der Waals surface area (Å²) in [6.45, 7) is 0. The minimum Gasteiger partial charge on any atom is -0.388 e. The summed E-state index contributed by atoms with van der Waals surface area (Å²) in [5, 5.41) is 11.0. The van der Waals surface area contributed by atoms with Gasteiger partial charge in [-0.15, -0.1) is 0 Å². The molecule has 1 unspecified atom stereocenters. The summed E-state index contributed by atoms with van der Waals surface area (Å²) in [4.78, 5) is 2.91. The summed E-state index contributed by atoms with van der Waals surface area (Å²) in [5.41, 5.74) is 1.83. The van der Waals surface area contributed by atoms with E-state index >= 15 is 0 Å². The number of aromatic nitrogens is 1. The van der Waals surface area contributed by atoms with Crippen molar-refractivity contribution in [3.05, 3.63) is 57.8 Å². The van der Waals surface area contributed by atoms with Crippen LogP contribution in [0.1, 0.15) is 17.2 Å². The van der Waals surface area contributed by atoms with Crippen LogP contribution < -0.4 is 0 Å². The molecule has 1 atom stereocenters. The van der Waals surface area contributed by atoms with Crippen molar-refractivity contribution in [3.8, 4) is 0 Å². The van der Waals surface area contributed by atoms with Gasteiger partial charge in [-0.2, -0.15) is 0 Å². The van der Waals surface area contributed by atoms with E-state index < -0.39 is 6.10 Å². The van der Waals surface area contributed by atoms with Crippen LogP contribution in [0.3, 0.4) is 0 Å². The normalized spacial score (nSPS) is 12.7. The highest BCUT2D eigenvalue weighted by Crippen LogP contribution is 2.25. The van der Waals surface area contributed by atoms with Crippen LogP contribution in [-0.4, -0.2) is 10.1 Å². The summed E-state index contributed by atoms with van der Waals surface area (Å²) >= 11 is 11.7. The average Bonchev–Trinajstić information content (AvgIpc) is 2.77. The minimum atomic E-state index is -0.525. The zero-order chi connectivity index (χ0) is 11.5. The molecule has 2 N–H and O–H groups in total. The van der Waals surface area contributed by atoms with Crippen molar-refractivity contribution in [1.82, 2.24) is 4.98 Å². The predicted molar refractivity (Wildman–Crippen MR) is 65.9 cm³/mol. The van der Waals surface area contributed by atoms with E-state index in [1.807, 2.05) is 12.1 Å². The maximum Gasteiger partial charge on any atom is 0.0844 e. The van der Waals surface area contributed by atoms with E-state index in [0.717, 1.165) is 11.1 Å². The van der Waals surface area contributed by atoms with Gasteiger partial charge >= 0.3 is 0 Å². The number of aliphatic hydroxyl groups excluding tert-OH is 1. The summed E-state index contributed by atoms with van der Waals surface area (Å²) in [5.74, 6) is 0. The number of H-pyrrole nitrogens is 1. The summed E-state index contributed by atoms with van der Waals surface area (Å²) < 4.78 is 0. The molecule has 0 aliphatic rings. The van der Waals surface area contributed by atoms with Gasteiger partial charge in [0.15, 0.2) is 0 Å². The Bertz CT molecular complexity index is 468. The fourth-order valence-electron chi connectivity index (χ4n) is 1.55. The highest BCUT2D eigenvalue weighted by Gasteiger charge is 2.09. The molecular formula is C12H11Cl2NO. The lowest BCUT2D eigenvalue weighted by atomic mass is 10.0. The molecule has 0 spiro atoms. The van der Waals surface area contributed by atoms with Gasteiger partial charge in [0.1, 0.15) is 0 Å². The van der Waals surface area contributed by atoms with Crippen LogP contribution in [0.2, 0.25) is 10.0 Å². The Kier molecular flexibility index (Phi) is 3.54. The number of rotatable bonds is 3. The molecule has 84 valence electrons. The lowest BCUT2D eigenvalue weighted by molar-refractivity contribution is 0.178. The number of nitrogens with one attached hydrogen (secondary N) is 1. The molecule has 1 heterocycles. The topological polar surface area (TPSA) is 36.0 Å². The lowest BCUT2D eigenvalue weighted by Crippen LogP contribution is -2.00. The number of aliphatic hydroxyl groups is 1. The first kappa shape index (κ1) is 11.5. The largest absolute Gasteiger partial charge is 0.388 e. The second-order valence-electron chi connectivity index (χ2n) is 3.61. The molecule has 0 aliphatic heterocycles. The molecular weight excluding hydrogens is 245 g/mol. The van der Waals surface area contributed by atoms with Crippen LogP contribution in [0.4, 0.5) is 0 Å². The highest BCUT2D eigenvalue weighted by atomic mass is 35.5. The van der Waals surface area contributed by atoms with Gasteiger partial charge in [-0.1, -0.05) is 29.3 Å². The highest BCUT2D eigenvalue weighted by molar-refractivity contribution is 6.42. The van der Waals surface area contributed by atoms with Crippen molar-refractivity contribution in [2.75, 3.05) is 0 Å². The lowest BCUT2D eigenvalue weighted by Gasteiger charge is -2.09. The molecule has 1 aromatic heterocycles. The van der Waals surface area contributed by atoms with Crippen molar-refractivity contribution >= 4 is 23.2 Å². The van der Waals surface area contributed by atoms with E-state index in [9.17, 15) is 5.11 Å². The predicted octanol–water partition coefficient (Wildman–Crippen LogP) is 3.60. The monoisotopic (exact) mass is 255 g/mol. The number of benzene rings is 1. The quantitative estimate of drug-likeness (QED) is 0.864. The van der Waals surface area contributed by atoms with Gasteiger partial charge < -0.3 is 10.1 Å². The minimum absolute atomic E-state index is 0.514. The summed E-state index contributed by atoms with van der Waals surface area (Å²) in [7, 11) is 0. The first-order valence-electron chi connectivity index (χ1n) is 4.91. The summed E-state index contributed by atoms with van der Waals surface area (Å²) in [6, 6.07) is 7.23. The molecule has 0 radical (unpaired) electrons. The van der Waals surface area contributed by atoms with E-state index in [-0.39, 0.29) is 0 Å². The third-order valence-electron chi connectivity index (χ3n) is 2.42. The molecule has 0 saturated heterocycles. The van der Waals surface area contributed by atoms with Crippen molar-refractivity contribution in [3.63, 3.8) is 0 Å². The van der Waals surface area contributed by atoms with Crippen molar-refractivity contribution in [2.45, 2.75) is 12.5 Å². The Morgan fingerprint density at radius 2 is 2.00 bits per heavy atom. The first-order valence-corrected chi connectivity index (χ1v) is 5.67. The maximum atomic E-state index is 9.93. The van der Waals surface area contributed by atoms with Gasteiger partial charge in [0.25, 0.3) is 0 Å². The van der Waals surface area contributed by atoms with Crippen LogP contribution in [0, 0.1) is 0 Å². The number of aromatic amines is 1. The third kappa shape index (κ3) is 2.59. The molecule has 0 bridgehead atoms. The molecule has 0 fully saturated rings. The molecule has 16 heavy (non-hydrogen) atoms. The summed E-state index contributed by atoms with van der Waals surface area (Å²) in [6.07, 6.45) is 3.56. The maximum absolute atomic E-state index is 9.93. The molecule has 4 heteroatoms. The third-order valence-corrected chi connectivity index (χ3v) is 3.16. The Hall–Kier alpha value is -0.960. The van der Waals surface area contributed by atoms with Crippen molar-refractivity contribution < 1.29 is 5.11 Å². The Balaban J connectivity index is 2.12. The van der Waals surface area contributed by atoms with Crippen molar-refractivity contribution in [2.24, 2.45) is 0 Å². The van der Waals surface area contributed by atoms with Crippen LogP contribution in [0.25, 0.3) is 0 Å². The van der Waals surface area contributed by atoms with Crippen LogP contribution >= 0.6 is 23.2 Å². The van der Waals surface area contributed by atoms with Gasteiger partial charge in [0, 0.05) is 18.8 Å². The standard InChI is InChI=1S/C12H11Cl2NO/c13-10-2-1-8(5-11(10)14)6-12(16)9-3-4-15-7-9/h1-5,7,12,15-16H,6H2. The molecule has 0 amide bonds. The zero-order valence-electron chi connectivity index (χ0n) is 8.45. The van der Waals surface area contributed by atoms with Gasteiger partial charge in [0.05, 0.1) is 16.1 Å². The van der Waals surface area contributed by atoms with Gasteiger partial charge in [-0.05, 0) is 29.3 Å². The molecule has 2 nitrogen and oxygen atoms in total. The Morgan fingerprint density at radius 3 is 2.62 bits per heavy atom. The molecule has 2 rings (SSSR count). The second-order valence-corrected chi connectivity index (χ2v) is 4.43. The van der Waals surface area contributed by atoms with Gasteiger partial charge in [-0.3, -0.25) is 0 Å². The molecule has 1 aromatic carbocycles. The van der Waals surface area contributed by atoms with E-state index in [4.69, 9.17) is 23.2 Å². The first-order chi connectivity index (χ1) is 7.66. The van der Waals surface area contributed by atoms with Crippen molar-refractivity contribution in [1.29, 1.82) is 0 Å². The van der Waals surface area contributed by atoms with Gasteiger partial charge in [-0.25, -0.2) is 0 Å². The fraction of sp³-hybridized carbons (Fsp3) is 0.167. The Labute approximate surface area is 104 Å². The fourth-order valence-corrected chi connectivity index (χ4v) is 1.87. The zero-order valence-corrected chi connectivity index (χ0v) is 9.96. The number of hydrogen-bond donors (Lipinski definition) is 2. The van der Waals surface area contributed by atoms with E-state index in [2.05, 4.69) is 4.98 Å². The van der Waals surface area contributed by atoms with Crippen LogP contribution in [0.15, 0.2) is 36.7 Å². The molecule has 2 aromatic rings. The molecule has 0 aliphatic carbocycles. The second kappa shape index (κ2) is 4.91. The van der Waals surface area contributed by atoms with Crippen LogP contribution in [-0.2, 0) is 6.42 Å². The molecule has 0 saturated carbocycles. The SMILES string of the molecule is OC(Cc1ccc(Cl)c(Cl)c1)c1cc[nH]c1. The smallest absolute Gasteiger partial charge is 0.0844 e.